The van der Waals surface area contributed by atoms with Gasteiger partial charge in [0.1, 0.15) is 6.04 Å². The molecular formula is C13H14N2O2. The number of carbonyl (C=O) groups is 1. The van der Waals surface area contributed by atoms with E-state index in [0.717, 1.165) is 16.8 Å². The van der Waals surface area contributed by atoms with Gasteiger partial charge in [0.05, 0.1) is 12.7 Å². The number of hydrogen-bond acceptors (Lipinski definition) is 3. The van der Waals surface area contributed by atoms with Gasteiger partial charge in [0.2, 0.25) is 0 Å². The molecule has 0 N–H and O–H groups in total. The molecule has 0 saturated carbocycles. The Morgan fingerprint density at radius 1 is 1.41 bits per heavy atom. The van der Waals surface area contributed by atoms with E-state index in [4.69, 9.17) is 10.00 Å². The highest BCUT2D eigenvalue weighted by Crippen LogP contribution is 2.25. The number of amides is 1. The maximum Gasteiger partial charge on any atom is 0.415 e. The summed E-state index contributed by atoms with van der Waals surface area (Å²) >= 11 is 0. The molecule has 4 heteroatoms. The van der Waals surface area contributed by atoms with Gasteiger partial charge in [0.25, 0.3) is 0 Å². The van der Waals surface area contributed by atoms with Crippen molar-refractivity contribution in [3.05, 3.63) is 29.3 Å². The van der Waals surface area contributed by atoms with Gasteiger partial charge < -0.3 is 4.74 Å². The molecule has 0 spiro atoms. The summed E-state index contributed by atoms with van der Waals surface area (Å²) in [5.74, 6) is 0. The lowest BCUT2D eigenvalue weighted by Crippen LogP contribution is -2.45. The number of anilines is 1. The summed E-state index contributed by atoms with van der Waals surface area (Å²) in [4.78, 5) is 13.1. The van der Waals surface area contributed by atoms with E-state index in [0.29, 0.717) is 13.0 Å². The monoisotopic (exact) mass is 230 g/mol. The Balaban J connectivity index is 2.39. The molecule has 0 radical (unpaired) electrons. The van der Waals surface area contributed by atoms with Crippen LogP contribution in [0.5, 0.6) is 0 Å². The molecule has 2 rings (SSSR count). The number of nitrogens with zero attached hydrogens (tertiary/aromatic N) is 2. The van der Waals surface area contributed by atoms with Crippen LogP contribution < -0.4 is 4.90 Å². The van der Waals surface area contributed by atoms with Crippen LogP contribution >= 0.6 is 0 Å². The molecule has 1 aliphatic rings. The van der Waals surface area contributed by atoms with E-state index in [2.05, 4.69) is 6.07 Å². The van der Waals surface area contributed by atoms with E-state index in [9.17, 15) is 4.79 Å². The van der Waals surface area contributed by atoms with E-state index in [1.165, 1.54) is 4.90 Å². The van der Waals surface area contributed by atoms with Crippen LogP contribution in [0.15, 0.2) is 18.2 Å². The zero-order valence-electron chi connectivity index (χ0n) is 9.93. The largest absolute Gasteiger partial charge is 0.449 e. The van der Waals surface area contributed by atoms with E-state index < -0.39 is 12.1 Å². The Morgan fingerprint density at radius 2 is 2.18 bits per heavy atom. The van der Waals surface area contributed by atoms with E-state index >= 15 is 0 Å². The number of ether oxygens (including phenoxy) is 1. The van der Waals surface area contributed by atoms with Crippen LogP contribution in [-0.4, -0.2) is 18.7 Å². The van der Waals surface area contributed by atoms with E-state index in [1.54, 1.807) is 0 Å². The second kappa shape index (κ2) is 4.46. The molecule has 1 saturated heterocycles. The summed E-state index contributed by atoms with van der Waals surface area (Å²) in [6.45, 7) is 4.31. The quantitative estimate of drug-likeness (QED) is 0.745. The highest BCUT2D eigenvalue weighted by atomic mass is 16.6. The van der Waals surface area contributed by atoms with Gasteiger partial charge in [-0.3, -0.25) is 4.90 Å². The van der Waals surface area contributed by atoms with Gasteiger partial charge in [-0.2, -0.15) is 5.26 Å². The average Bonchev–Trinajstić information content (AvgIpc) is 2.32. The number of benzene rings is 1. The molecular weight excluding hydrogens is 216 g/mol. The van der Waals surface area contributed by atoms with Gasteiger partial charge in [-0.15, -0.1) is 0 Å². The van der Waals surface area contributed by atoms with Gasteiger partial charge in [-0.1, -0.05) is 6.07 Å². The standard InChI is InChI=1S/C13H14N2O2/c1-9-3-4-11(7-10(9)2)15-12(8-14)5-6-17-13(15)16/h3-4,7,12H,5-6H2,1-2H3. The molecule has 0 aliphatic carbocycles. The van der Waals surface area contributed by atoms with Crippen LogP contribution in [0.25, 0.3) is 0 Å². The van der Waals surface area contributed by atoms with Crippen molar-refractivity contribution in [2.45, 2.75) is 26.3 Å². The molecule has 4 nitrogen and oxygen atoms in total. The van der Waals surface area contributed by atoms with Gasteiger partial charge in [0.15, 0.2) is 0 Å². The average molecular weight is 230 g/mol. The van der Waals surface area contributed by atoms with Crippen LogP contribution in [-0.2, 0) is 4.74 Å². The van der Waals surface area contributed by atoms with Gasteiger partial charge in [-0.25, -0.2) is 4.79 Å². The molecule has 0 aromatic heterocycles. The molecule has 1 atom stereocenters. The lowest BCUT2D eigenvalue weighted by Gasteiger charge is -2.31. The third-order valence-electron chi connectivity index (χ3n) is 3.04. The molecule has 1 aromatic rings. The van der Waals surface area contributed by atoms with Gasteiger partial charge >= 0.3 is 6.09 Å². The summed E-state index contributed by atoms with van der Waals surface area (Å²) in [6.07, 6.45) is 0.112. The Kier molecular flexibility index (Phi) is 3.01. The first-order valence-electron chi connectivity index (χ1n) is 5.56. The maximum absolute atomic E-state index is 11.7. The first kappa shape index (κ1) is 11.5. The Labute approximate surface area is 100 Å². The zero-order chi connectivity index (χ0) is 12.4. The lowest BCUT2D eigenvalue weighted by molar-refractivity contribution is 0.134. The second-order valence-corrected chi connectivity index (χ2v) is 4.19. The number of cyclic esters (lactones) is 1. The minimum atomic E-state index is -0.439. The normalized spacial score (nSPS) is 19.7. The van der Waals surface area contributed by atoms with Crippen LogP contribution in [0.2, 0.25) is 0 Å². The third-order valence-corrected chi connectivity index (χ3v) is 3.04. The highest BCUT2D eigenvalue weighted by Gasteiger charge is 2.30. The van der Waals surface area contributed by atoms with Crippen molar-refractivity contribution < 1.29 is 9.53 Å². The van der Waals surface area contributed by atoms with Crippen LogP contribution in [0.4, 0.5) is 10.5 Å². The van der Waals surface area contributed by atoms with Gasteiger partial charge in [0, 0.05) is 12.1 Å². The van der Waals surface area contributed by atoms with Crippen molar-refractivity contribution in [3.63, 3.8) is 0 Å². The van der Waals surface area contributed by atoms with Crippen molar-refractivity contribution in [3.8, 4) is 6.07 Å². The van der Waals surface area contributed by atoms with Gasteiger partial charge in [-0.05, 0) is 37.1 Å². The lowest BCUT2D eigenvalue weighted by atomic mass is 10.1. The SMILES string of the molecule is Cc1ccc(N2C(=O)OCCC2C#N)cc1C. The number of aryl methyl sites for hydroxylation is 2. The summed E-state index contributed by atoms with van der Waals surface area (Å²) in [5, 5.41) is 9.06. The Hall–Kier alpha value is -2.02. The topological polar surface area (TPSA) is 53.3 Å². The van der Waals surface area contributed by atoms with Crippen molar-refractivity contribution in [2.24, 2.45) is 0 Å². The molecule has 1 heterocycles. The van der Waals surface area contributed by atoms with Crippen LogP contribution in [0.3, 0.4) is 0 Å². The fraction of sp³-hybridized carbons (Fsp3) is 0.385. The molecule has 0 bridgehead atoms. The molecule has 1 unspecified atom stereocenters. The third kappa shape index (κ3) is 2.09. The summed E-state index contributed by atoms with van der Waals surface area (Å²) in [5.41, 5.74) is 2.98. The number of hydrogen-bond donors (Lipinski definition) is 0. The number of carbonyl (C=O) groups excluding carboxylic acids is 1. The van der Waals surface area contributed by atoms with Crippen molar-refractivity contribution >= 4 is 11.8 Å². The Morgan fingerprint density at radius 3 is 2.82 bits per heavy atom. The minimum Gasteiger partial charge on any atom is -0.449 e. The first-order valence-corrected chi connectivity index (χ1v) is 5.56. The highest BCUT2D eigenvalue weighted by molar-refractivity contribution is 5.89. The molecule has 1 fully saturated rings. The first-order chi connectivity index (χ1) is 8.13. The zero-order valence-corrected chi connectivity index (χ0v) is 9.93. The second-order valence-electron chi connectivity index (χ2n) is 4.19. The maximum atomic E-state index is 11.7. The molecule has 1 amide bonds. The molecule has 1 aromatic carbocycles. The van der Waals surface area contributed by atoms with Crippen molar-refractivity contribution in [2.75, 3.05) is 11.5 Å². The van der Waals surface area contributed by atoms with Crippen LogP contribution in [0.1, 0.15) is 17.5 Å². The van der Waals surface area contributed by atoms with Crippen molar-refractivity contribution in [1.82, 2.24) is 0 Å². The van der Waals surface area contributed by atoms with E-state index in [1.807, 2.05) is 32.0 Å². The summed E-state index contributed by atoms with van der Waals surface area (Å²) < 4.78 is 4.98. The molecule has 17 heavy (non-hydrogen) atoms. The van der Waals surface area contributed by atoms with E-state index in [-0.39, 0.29) is 0 Å². The fourth-order valence-electron chi connectivity index (χ4n) is 1.87. The molecule has 88 valence electrons. The summed E-state index contributed by atoms with van der Waals surface area (Å²) in [7, 11) is 0. The molecule has 1 aliphatic heterocycles. The summed E-state index contributed by atoms with van der Waals surface area (Å²) in [6, 6.07) is 7.41. The predicted molar refractivity (Wildman–Crippen MR) is 63.8 cm³/mol. The minimum absolute atomic E-state index is 0.318. The number of nitriles is 1. The van der Waals surface area contributed by atoms with Crippen LogP contribution in [0, 0.1) is 25.2 Å². The smallest absolute Gasteiger partial charge is 0.415 e. The fourth-order valence-corrected chi connectivity index (χ4v) is 1.87. The number of rotatable bonds is 1. The Bertz CT molecular complexity index is 491. The van der Waals surface area contributed by atoms with Crippen molar-refractivity contribution in [1.29, 1.82) is 5.26 Å². The predicted octanol–water partition coefficient (Wildman–Crippen LogP) is 2.54.